The summed E-state index contributed by atoms with van der Waals surface area (Å²) >= 11 is 0. The van der Waals surface area contributed by atoms with Gasteiger partial charge >= 0.3 is 0 Å². The number of nitrogens with zero attached hydrogens (tertiary/aromatic N) is 5. The molecule has 2 aromatic rings. The van der Waals surface area contributed by atoms with Crippen molar-refractivity contribution in [1.29, 1.82) is 0 Å². The van der Waals surface area contributed by atoms with Crippen LogP contribution in [-0.4, -0.2) is 46.3 Å². The lowest BCUT2D eigenvalue weighted by molar-refractivity contribution is 0.446. The fraction of sp³-hybridized carbons (Fsp3) is 0.571. The smallest absolute Gasteiger partial charge is 0.193 e. The van der Waals surface area contributed by atoms with Crippen molar-refractivity contribution in [2.24, 2.45) is 18.0 Å². The molecule has 0 bridgehead atoms. The van der Waals surface area contributed by atoms with Crippen molar-refractivity contribution in [2.45, 2.75) is 46.1 Å². The summed E-state index contributed by atoms with van der Waals surface area (Å²) in [6, 6.07) is 4.15. The van der Waals surface area contributed by atoms with Crippen LogP contribution in [0.4, 0.5) is 0 Å². The Balaban J connectivity index is 0.00000392. The SMILES string of the molecule is CN=C(NCC(c1cccnc1)C(C)C)N(C)Cc1cn(C)nc1C(C)C.I. The van der Waals surface area contributed by atoms with Gasteiger partial charge in [0.15, 0.2) is 5.96 Å². The number of hydrogen-bond acceptors (Lipinski definition) is 3. The fourth-order valence-electron chi connectivity index (χ4n) is 3.41. The zero-order valence-electron chi connectivity index (χ0n) is 18.2. The molecule has 1 atom stereocenters. The molecule has 0 fully saturated rings. The molecule has 1 unspecified atom stereocenters. The van der Waals surface area contributed by atoms with E-state index in [2.05, 4.69) is 72.3 Å². The van der Waals surface area contributed by atoms with Crippen LogP contribution in [0, 0.1) is 5.92 Å². The quantitative estimate of drug-likeness (QED) is 0.356. The van der Waals surface area contributed by atoms with Crippen LogP contribution in [0.2, 0.25) is 0 Å². The zero-order chi connectivity index (χ0) is 20.0. The van der Waals surface area contributed by atoms with Crippen molar-refractivity contribution in [3.05, 3.63) is 47.5 Å². The van der Waals surface area contributed by atoms with E-state index in [0.29, 0.717) is 17.8 Å². The van der Waals surface area contributed by atoms with Crippen LogP contribution in [0.1, 0.15) is 56.4 Å². The molecule has 0 aromatic carbocycles. The molecule has 0 amide bonds. The molecule has 2 heterocycles. The van der Waals surface area contributed by atoms with Crippen molar-refractivity contribution in [3.63, 3.8) is 0 Å². The molecule has 0 saturated heterocycles. The van der Waals surface area contributed by atoms with Crippen LogP contribution >= 0.6 is 24.0 Å². The molecular weight excluding hydrogens is 463 g/mol. The summed E-state index contributed by atoms with van der Waals surface area (Å²) in [7, 11) is 5.88. The maximum atomic E-state index is 4.61. The number of aryl methyl sites for hydroxylation is 1. The average molecular weight is 498 g/mol. The monoisotopic (exact) mass is 498 g/mol. The van der Waals surface area contributed by atoms with E-state index in [1.807, 2.05) is 37.2 Å². The van der Waals surface area contributed by atoms with Gasteiger partial charge in [-0.25, -0.2) is 0 Å². The number of halogens is 1. The van der Waals surface area contributed by atoms with Gasteiger partial charge in [0.2, 0.25) is 0 Å². The van der Waals surface area contributed by atoms with E-state index in [1.165, 1.54) is 11.1 Å². The Labute approximate surface area is 186 Å². The molecule has 0 aliphatic heterocycles. The van der Waals surface area contributed by atoms with Crippen molar-refractivity contribution in [1.82, 2.24) is 25.0 Å². The van der Waals surface area contributed by atoms with Gasteiger partial charge < -0.3 is 10.2 Å². The highest BCUT2D eigenvalue weighted by Crippen LogP contribution is 2.23. The lowest BCUT2D eigenvalue weighted by Gasteiger charge is -2.26. The molecule has 0 aliphatic rings. The topological polar surface area (TPSA) is 58.3 Å². The minimum atomic E-state index is 0. The summed E-state index contributed by atoms with van der Waals surface area (Å²) in [5.74, 6) is 2.19. The highest BCUT2D eigenvalue weighted by atomic mass is 127. The Kier molecular flexibility index (Phi) is 9.92. The number of rotatable bonds is 7. The first-order chi connectivity index (χ1) is 12.8. The van der Waals surface area contributed by atoms with Gasteiger partial charge in [-0.05, 0) is 23.5 Å². The van der Waals surface area contributed by atoms with Crippen LogP contribution in [-0.2, 0) is 13.6 Å². The Bertz CT molecular complexity index is 739. The summed E-state index contributed by atoms with van der Waals surface area (Å²) < 4.78 is 1.89. The van der Waals surface area contributed by atoms with Crippen LogP contribution in [0.25, 0.3) is 0 Å². The van der Waals surface area contributed by atoms with Crippen LogP contribution < -0.4 is 5.32 Å². The number of aromatic nitrogens is 3. The number of guanidine groups is 1. The highest BCUT2D eigenvalue weighted by Gasteiger charge is 2.19. The predicted octanol–water partition coefficient (Wildman–Crippen LogP) is 4.00. The first-order valence-electron chi connectivity index (χ1n) is 9.67. The molecule has 6 nitrogen and oxygen atoms in total. The van der Waals surface area contributed by atoms with E-state index in [1.54, 1.807) is 0 Å². The number of aliphatic imine (C=N–C) groups is 1. The number of pyridine rings is 1. The normalized spacial score (nSPS) is 12.8. The molecular formula is C21H35IN6. The Morgan fingerprint density at radius 3 is 2.54 bits per heavy atom. The van der Waals surface area contributed by atoms with E-state index in [4.69, 9.17) is 0 Å². The van der Waals surface area contributed by atoms with Gasteiger partial charge in [-0.15, -0.1) is 24.0 Å². The minimum absolute atomic E-state index is 0. The molecule has 156 valence electrons. The standard InChI is InChI=1S/C21H34N6.HI/c1-15(2)19(17-9-8-10-23-11-17)12-24-21(22-5)26(6)13-18-14-27(7)25-20(18)16(3)4;/h8-11,14-16,19H,12-13H2,1-7H3,(H,22,24);1H. The predicted molar refractivity (Wildman–Crippen MR) is 127 cm³/mol. The van der Waals surface area contributed by atoms with E-state index < -0.39 is 0 Å². The molecule has 0 saturated carbocycles. The summed E-state index contributed by atoms with van der Waals surface area (Å²) in [6.07, 6.45) is 5.89. The third-order valence-electron chi connectivity index (χ3n) is 4.86. The summed E-state index contributed by atoms with van der Waals surface area (Å²) in [5, 5.41) is 8.15. The van der Waals surface area contributed by atoms with Crippen molar-refractivity contribution < 1.29 is 0 Å². The van der Waals surface area contributed by atoms with E-state index in [-0.39, 0.29) is 24.0 Å². The van der Waals surface area contributed by atoms with Gasteiger partial charge in [-0.1, -0.05) is 33.8 Å². The molecule has 2 aromatic heterocycles. The second kappa shape index (κ2) is 11.4. The highest BCUT2D eigenvalue weighted by molar-refractivity contribution is 14.0. The Morgan fingerprint density at radius 1 is 1.29 bits per heavy atom. The van der Waals surface area contributed by atoms with E-state index in [9.17, 15) is 0 Å². The maximum absolute atomic E-state index is 4.61. The van der Waals surface area contributed by atoms with Gasteiger partial charge in [0.1, 0.15) is 0 Å². The molecule has 1 N–H and O–H groups in total. The van der Waals surface area contributed by atoms with Crippen molar-refractivity contribution in [3.8, 4) is 0 Å². The van der Waals surface area contributed by atoms with Crippen LogP contribution in [0.3, 0.4) is 0 Å². The Hall–Kier alpha value is -1.64. The minimum Gasteiger partial charge on any atom is -0.356 e. The van der Waals surface area contributed by atoms with Gasteiger partial charge in [-0.2, -0.15) is 5.10 Å². The van der Waals surface area contributed by atoms with Gasteiger partial charge in [-0.3, -0.25) is 14.7 Å². The first kappa shape index (κ1) is 24.4. The summed E-state index contributed by atoms with van der Waals surface area (Å²) in [4.78, 5) is 10.9. The molecule has 0 spiro atoms. The maximum Gasteiger partial charge on any atom is 0.193 e. The zero-order valence-corrected chi connectivity index (χ0v) is 20.5. The second-order valence-corrected chi connectivity index (χ2v) is 7.79. The largest absolute Gasteiger partial charge is 0.356 e. The molecule has 0 aliphatic carbocycles. The second-order valence-electron chi connectivity index (χ2n) is 7.79. The van der Waals surface area contributed by atoms with E-state index in [0.717, 1.165) is 24.7 Å². The fourth-order valence-corrected chi connectivity index (χ4v) is 3.41. The summed E-state index contributed by atoms with van der Waals surface area (Å²) in [5.41, 5.74) is 3.65. The number of hydrogen-bond donors (Lipinski definition) is 1. The summed E-state index contributed by atoms with van der Waals surface area (Å²) in [6.45, 7) is 10.5. The Morgan fingerprint density at radius 2 is 2.00 bits per heavy atom. The van der Waals surface area contributed by atoms with Gasteiger partial charge in [0, 0.05) is 64.3 Å². The average Bonchev–Trinajstić information content (AvgIpc) is 2.99. The van der Waals surface area contributed by atoms with Crippen LogP contribution in [0.15, 0.2) is 35.7 Å². The van der Waals surface area contributed by atoms with Crippen LogP contribution in [0.5, 0.6) is 0 Å². The van der Waals surface area contributed by atoms with Crippen molar-refractivity contribution >= 4 is 29.9 Å². The molecule has 0 radical (unpaired) electrons. The molecule has 7 heteroatoms. The van der Waals surface area contributed by atoms with Gasteiger partial charge in [0.05, 0.1) is 5.69 Å². The number of nitrogens with one attached hydrogen (secondary N) is 1. The van der Waals surface area contributed by atoms with E-state index >= 15 is 0 Å². The molecule has 2 rings (SSSR count). The first-order valence-corrected chi connectivity index (χ1v) is 9.67. The van der Waals surface area contributed by atoms with Gasteiger partial charge in [0.25, 0.3) is 0 Å². The lowest BCUT2D eigenvalue weighted by atomic mass is 9.89. The third kappa shape index (κ3) is 6.46. The third-order valence-corrected chi connectivity index (χ3v) is 4.86. The van der Waals surface area contributed by atoms with Crippen molar-refractivity contribution in [2.75, 3.05) is 20.6 Å². The molecule has 28 heavy (non-hydrogen) atoms. The lowest BCUT2D eigenvalue weighted by Crippen LogP contribution is -2.41.